The molecule has 1 N–H and O–H groups in total. The van der Waals surface area contributed by atoms with Crippen LogP contribution in [0.25, 0.3) is 0 Å². The van der Waals surface area contributed by atoms with Gasteiger partial charge in [0.15, 0.2) is 5.60 Å². The highest BCUT2D eigenvalue weighted by atomic mass is 19.3. The van der Waals surface area contributed by atoms with Gasteiger partial charge in [-0.1, -0.05) is 41.7 Å². The van der Waals surface area contributed by atoms with E-state index in [0.717, 1.165) is 52.3 Å². The molecule has 0 saturated carbocycles. The van der Waals surface area contributed by atoms with E-state index in [2.05, 4.69) is 32.4 Å². The molecule has 0 aliphatic carbocycles. The highest BCUT2D eigenvalue weighted by molar-refractivity contribution is 5.43. The van der Waals surface area contributed by atoms with Gasteiger partial charge in [0, 0.05) is 29.0 Å². The number of rotatable bonds is 8. The molecule has 1 atom stereocenters. The van der Waals surface area contributed by atoms with E-state index in [1.54, 1.807) is 0 Å². The lowest BCUT2D eigenvalue weighted by Gasteiger charge is -2.35. The second-order valence-corrected chi connectivity index (χ2v) is 9.55. The van der Waals surface area contributed by atoms with Crippen LogP contribution in [-0.2, 0) is 24.7 Å². The fraction of sp³-hybridized carbons (Fsp3) is 0.161. The lowest BCUT2D eigenvalue weighted by molar-refractivity contribution is -0.207. The molecule has 1 unspecified atom stereocenters. The number of tetrazole rings is 1. The predicted octanol–water partition coefficient (Wildman–Crippen LogP) is 5.31. The van der Waals surface area contributed by atoms with Crippen molar-refractivity contribution in [2.24, 2.45) is 0 Å². The van der Waals surface area contributed by atoms with Crippen LogP contribution in [0.4, 0.5) is 17.6 Å². The van der Waals surface area contributed by atoms with Gasteiger partial charge >= 0.3 is 5.92 Å². The van der Waals surface area contributed by atoms with E-state index in [0.29, 0.717) is 23.8 Å². The Morgan fingerprint density at radius 3 is 2.26 bits per heavy atom. The number of halogens is 4. The first-order valence-corrected chi connectivity index (χ1v) is 12.7. The van der Waals surface area contributed by atoms with Crippen LogP contribution in [0.1, 0.15) is 33.5 Å². The molecule has 0 bridgehead atoms. The molecule has 7 nitrogen and oxygen atoms in total. The van der Waals surface area contributed by atoms with Crippen LogP contribution in [0.3, 0.4) is 0 Å². The number of nitrogens with zero attached hydrogens (tertiary/aromatic N) is 5. The quantitative estimate of drug-likeness (QED) is 0.200. The van der Waals surface area contributed by atoms with Gasteiger partial charge in [-0.05, 0) is 71.4 Å². The van der Waals surface area contributed by atoms with E-state index >= 15 is 8.78 Å². The molecule has 5 aromatic rings. The molecule has 0 spiro atoms. The Morgan fingerprint density at radius 1 is 0.905 bits per heavy atom. The summed E-state index contributed by atoms with van der Waals surface area (Å²) in [5, 5.41) is 21.5. The van der Waals surface area contributed by atoms with Crippen LogP contribution in [0, 0.1) is 30.4 Å². The zero-order chi connectivity index (χ0) is 29.7. The van der Waals surface area contributed by atoms with Gasteiger partial charge < -0.3 is 9.84 Å². The lowest BCUT2D eigenvalue weighted by atomic mass is 9.84. The van der Waals surface area contributed by atoms with E-state index < -0.39 is 41.0 Å². The molecule has 5 rings (SSSR count). The summed E-state index contributed by atoms with van der Waals surface area (Å²) in [6, 6.07) is 19.4. The van der Waals surface area contributed by atoms with Crippen LogP contribution < -0.4 is 4.74 Å². The summed E-state index contributed by atoms with van der Waals surface area (Å²) in [5.74, 6) is 0.0703. The number of aliphatic hydroxyl groups is 1. The van der Waals surface area contributed by atoms with Crippen molar-refractivity contribution in [3.05, 3.63) is 137 Å². The van der Waals surface area contributed by atoms with Gasteiger partial charge in [0.2, 0.25) is 0 Å². The van der Waals surface area contributed by atoms with Crippen molar-refractivity contribution in [1.29, 1.82) is 0 Å². The molecule has 3 aromatic carbocycles. The molecular formula is C31H23F4N5O2. The third-order valence-electron chi connectivity index (χ3n) is 6.50. The van der Waals surface area contributed by atoms with Crippen molar-refractivity contribution < 1.29 is 27.4 Å². The van der Waals surface area contributed by atoms with Crippen molar-refractivity contribution in [1.82, 2.24) is 25.2 Å². The maximum atomic E-state index is 15.9. The monoisotopic (exact) mass is 573 g/mol. The molecule has 11 heteroatoms. The van der Waals surface area contributed by atoms with Crippen molar-refractivity contribution in [3.8, 4) is 17.6 Å². The maximum Gasteiger partial charge on any atom is 0.323 e. The summed E-state index contributed by atoms with van der Waals surface area (Å²) >= 11 is 0. The van der Waals surface area contributed by atoms with Crippen LogP contribution in [0.2, 0.25) is 0 Å². The van der Waals surface area contributed by atoms with Gasteiger partial charge in [-0.25, -0.2) is 13.5 Å². The number of hydrogen-bond acceptors (Lipinski definition) is 6. The Morgan fingerprint density at radius 2 is 1.62 bits per heavy atom. The number of aromatic nitrogens is 5. The molecule has 42 heavy (non-hydrogen) atoms. The van der Waals surface area contributed by atoms with Crippen LogP contribution in [-0.4, -0.2) is 30.3 Å². The Labute approximate surface area is 238 Å². The minimum absolute atomic E-state index is 0.332. The predicted molar refractivity (Wildman–Crippen MR) is 144 cm³/mol. The third-order valence-corrected chi connectivity index (χ3v) is 6.50. The smallest absolute Gasteiger partial charge is 0.323 e. The molecule has 0 amide bonds. The zero-order valence-electron chi connectivity index (χ0n) is 22.2. The molecule has 0 aliphatic rings. The average molecular weight is 574 g/mol. The lowest BCUT2D eigenvalue weighted by Crippen LogP contribution is -2.48. The summed E-state index contributed by atoms with van der Waals surface area (Å²) in [6.07, 6.45) is 2.11. The summed E-state index contributed by atoms with van der Waals surface area (Å²) in [4.78, 5) is 3.82. The Bertz CT molecular complexity index is 1720. The number of hydrogen-bond donors (Lipinski definition) is 1. The van der Waals surface area contributed by atoms with Crippen LogP contribution in [0.15, 0.2) is 91.4 Å². The summed E-state index contributed by atoms with van der Waals surface area (Å²) in [6.45, 7) is 1.45. The van der Waals surface area contributed by atoms with Crippen LogP contribution in [0.5, 0.6) is 5.75 Å². The first-order valence-electron chi connectivity index (χ1n) is 12.7. The molecule has 0 aliphatic heterocycles. The summed E-state index contributed by atoms with van der Waals surface area (Å²) in [5.41, 5.74) is -1.81. The van der Waals surface area contributed by atoms with E-state index in [4.69, 9.17) is 4.74 Å². The van der Waals surface area contributed by atoms with Gasteiger partial charge in [-0.15, -0.1) is 5.10 Å². The third kappa shape index (κ3) is 6.14. The zero-order valence-corrected chi connectivity index (χ0v) is 22.2. The van der Waals surface area contributed by atoms with Gasteiger partial charge in [0.05, 0.1) is 6.54 Å². The number of aryl methyl sites for hydroxylation is 1. The Balaban J connectivity index is 1.33. The highest BCUT2D eigenvalue weighted by Gasteiger charge is 2.58. The van der Waals surface area contributed by atoms with E-state index in [9.17, 15) is 13.9 Å². The summed E-state index contributed by atoms with van der Waals surface area (Å²) in [7, 11) is 0. The molecular weight excluding hydrogens is 550 g/mol. The van der Waals surface area contributed by atoms with Crippen molar-refractivity contribution in [3.63, 3.8) is 0 Å². The fourth-order valence-corrected chi connectivity index (χ4v) is 4.16. The van der Waals surface area contributed by atoms with E-state index in [1.165, 1.54) is 6.07 Å². The SMILES string of the molecule is Cc1ccc(OCc2ccc(C#Cc3ccc(C(F)(F)C(O)(Cn4cnnn4)c4ccc(F)cc4F)nc3)cc2)cc1. The van der Waals surface area contributed by atoms with Gasteiger partial charge in [0.1, 0.15) is 36.0 Å². The highest BCUT2D eigenvalue weighted by Crippen LogP contribution is 2.46. The topological polar surface area (TPSA) is 86.0 Å². The largest absolute Gasteiger partial charge is 0.489 e. The van der Waals surface area contributed by atoms with Crippen molar-refractivity contribution >= 4 is 0 Å². The average Bonchev–Trinajstić information content (AvgIpc) is 3.49. The summed E-state index contributed by atoms with van der Waals surface area (Å²) < 4.78 is 66.5. The van der Waals surface area contributed by atoms with Gasteiger partial charge in [0.25, 0.3) is 0 Å². The van der Waals surface area contributed by atoms with Crippen LogP contribution >= 0.6 is 0 Å². The number of ether oxygens (including phenoxy) is 1. The second-order valence-electron chi connectivity index (χ2n) is 9.55. The standard InChI is InChI=1S/C31H23F4N5O2/c1-21-2-12-26(13-3-21)42-18-24-8-5-22(6-9-24)4-7-23-10-15-29(36-17-23)31(34,35)30(41,19-40-20-37-38-39-40)27-14-11-25(32)16-28(27)33/h2-3,5-6,8-17,20,41H,18-19H2,1H3. The first kappa shape index (κ1) is 28.4. The number of alkyl halides is 2. The minimum atomic E-state index is -4.15. The fourth-order valence-electron chi connectivity index (χ4n) is 4.16. The van der Waals surface area contributed by atoms with Crippen molar-refractivity contribution in [2.45, 2.75) is 31.6 Å². The minimum Gasteiger partial charge on any atom is -0.489 e. The second kappa shape index (κ2) is 11.8. The van der Waals surface area contributed by atoms with Gasteiger partial charge in [-0.2, -0.15) is 8.78 Å². The molecule has 2 heterocycles. The van der Waals surface area contributed by atoms with E-state index in [1.807, 2.05) is 55.5 Å². The number of pyridine rings is 1. The molecule has 0 saturated heterocycles. The molecule has 212 valence electrons. The maximum absolute atomic E-state index is 15.9. The normalized spacial score (nSPS) is 12.7. The molecule has 0 radical (unpaired) electrons. The number of benzene rings is 3. The molecule has 0 fully saturated rings. The van der Waals surface area contributed by atoms with Crippen molar-refractivity contribution in [2.75, 3.05) is 0 Å². The van der Waals surface area contributed by atoms with E-state index in [-0.39, 0.29) is 0 Å². The molecule has 2 aromatic heterocycles. The Kier molecular flexibility index (Phi) is 7.99. The van der Waals surface area contributed by atoms with Gasteiger partial charge in [-0.3, -0.25) is 4.98 Å². The Hall–Kier alpha value is -5.08. The first-order chi connectivity index (χ1) is 20.1.